The Morgan fingerprint density at radius 2 is 1.55 bits per heavy atom. The molecule has 0 bridgehead atoms. The maximum Gasteiger partial charge on any atom is 0.339 e. The number of anilines is 2. The van der Waals surface area contributed by atoms with Gasteiger partial charge in [0.25, 0.3) is 5.91 Å². The van der Waals surface area contributed by atoms with Crippen molar-refractivity contribution in [2.45, 2.75) is 39.2 Å². The molecule has 5 rings (SSSR count). The molecular formula is C31H32N2O7. The van der Waals surface area contributed by atoms with Gasteiger partial charge in [-0.3, -0.25) is 9.59 Å². The third-order valence-corrected chi connectivity index (χ3v) is 7.88. The number of fused-ring (bicyclic) bond motifs is 2. The highest BCUT2D eigenvalue weighted by atomic mass is 16.5. The number of amides is 1. The molecule has 0 saturated carbocycles. The zero-order valence-corrected chi connectivity index (χ0v) is 23.5. The van der Waals surface area contributed by atoms with E-state index in [1.807, 2.05) is 32.9 Å². The van der Waals surface area contributed by atoms with E-state index >= 15 is 0 Å². The van der Waals surface area contributed by atoms with Crippen molar-refractivity contribution in [3.8, 4) is 5.75 Å². The molecule has 0 fully saturated rings. The number of nitrogens with zero attached hydrogens (tertiary/aromatic N) is 2. The van der Waals surface area contributed by atoms with Crippen molar-refractivity contribution >= 4 is 35.0 Å². The molecular weight excluding hydrogens is 512 g/mol. The predicted octanol–water partition coefficient (Wildman–Crippen LogP) is 4.06. The Labute approximate surface area is 233 Å². The highest BCUT2D eigenvalue weighted by Crippen LogP contribution is 2.58. The first-order valence-corrected chi connectivity index (χ1v) is 13.1. The topological polar surface area (TPSA) is 102 Å². The number of Topliss-reactive ketones (excluding diaryl/α,β-unsaturated/α-hetero) is 1. The molecule has 208 valence electrons. The van der Waals surface area contributed by atoms with Gasteiger partial charge in [-0.2, -0.15) is 0 Å². The van der Waals surface area contributed by atoms with Gasteiger partial charge in [-0.25, -0.2) is 9.59 Å². The quantitative estimate of drug-likeness (QED) is 0.520. The van der Waals surface area contributed by atoms with Gasteiger partial charge in [0.05, 0.1) is 43.7 Å². The number of esters is 2. The summed E-state index contributed by atoms with van der Waals surface area (Å²) in [6.07, 6.45) is 0.508. The number of benzene rings is 2. The Hall–Kier alpha value is -4.40. The van der Waals surface area contributed by atoms with Gasteiger partial charge in [0.2, 0.25) is 0 Å². The van der Waals surface area contributed by atoms with Crippen LogP contribution in [0.2, 0.25) is 0 Å². The summed E-state index contributed by atoms with van der Waals surface area (Å²) in [7, 11) is 3.93. The summed E-state index contributed by atoms with van der Waals surface area (Å²) < 4.78 is 15.8. The normalized spacial score (nSPS) is 21.4. The monoisotopic (exact) mass is 544 g/mol. The largest absolute Gasteiger partial charge is 0.497 e. The third kappa shape index (κ3) is 3.67. The second-order valence-corrected chi connectivity index (χ2v) is 10.8. The number of likely N-dealkylation sites (N-methyl/N-ethyl adjacent to an activating group) is 1. The highest BCUT2D eigenvalue weighted by molar-refractivity contribution is 6.24. The molecule has 40 heavy (non-hydrogen) atoms. The van der Waals surface area contributed by atoms with Crippen LogP contribution in [-0.2, 0) is 34.2 Å². The van der Waals surface area contributed by atoms with Crippen LogP contribution < -0.4 is 14.5 Å². The van der Waals surface area contributed by atoms with Crippen LogP contribution in [-0.4, -0.2) is 51.5 Å². The van der Waals surface area contributed by atoms with Crippen LogP contribution in [0.1, 0.15) is 39.2 Å². The predicted molar refractivity (Wildman–Crippen MR) is 148 cm³/mol. The van der Waals surface area contributed by atoms with E-state index in [0.29, 0.717) is 41.4 Å². The lowest BCUT2D eigenvalue weighted by Crippen LogP contribution is -2.60. The van der Waals surface area contributed by atoms with Crippen LogP contribution in [0.25, 0.3) is 0 Å². The SMILES string of the molecule is CCN1C(=O)C2(C(C(=O)OC)=C(C(=O)OC)C3=C(CC(C)(C)CC3=O)N2c2ccc(OC)cc2)c2ccccc21. The Bertz CT molecular complexity index is 1500. The van der Waals surface area contributed by atoms with Crippen LogP contribution in [0.4, 0.5) is 11.4 Å². The molecule has 2 aromatic carbocycles. The molecule has 1 spiro atoms. The molecule has 1 atom stereocenters. The first-order chi connectivity index (χ1) is 19.1. The Balaban J connectivity index is 2.02. The minimum absolute atomic E-state index is 0.0771. The molecule has 3 aliphatic rings. The summed E-state index contributed by atoms with van der Waals surface area (Å²) in [5.74, 6) is -1.93. The third-order valence-electron chi connectivity index (χ3n) is 7.88. The molecule has 0 radical (unpaired) electrons. The van der Waals surface area contributed by atoms with E-state index in [9.17, 15) is 19.2 Å². The van der Waals surface area contributed by atoms with Crippen LogP contribution in [0.5, 0.6) is 5.75 Å². The van der Waals surface area contributed by atoms with Gasteiger partial charge >= 0.3 is 11.9 Å². The standard InChI is InChI=1S/C31H32N2O7/c1-7-32-21-11-9-8-10-20(21)31(29(32)37)26(28(36)40-6)25(27(35)39-5)24-22(16-30(2,3)17-23(24)34)33(31)18-12-14-19(38-4)15-13-18/h8-15H,7,16-17H2,1-6H3. The van der Waals surface area contributed by atoms with Crippen molar-refractivity contribution in [3.05, 3.63) is 76.5 Å². The average molecular weight is 545 g/mol. The van der Waals surface area contributed by atoms with E-state index in [1.54, 1.807) is 53.3 Å². The minimum atomic E-state index is -1.84. The summed E-state index contributed by atoms with van der Waals surface area (Å²) in [4.78, 5) is 59.5. The summed E-state index contributed by atoms with van der Waals surface area (Å²) in [5.41, 5.74) is -0.596. The summed E-state index contributed by atoms with van der Waals surface area (Å²) in [6, 6.07) is 14.2. The Morgan fingerprint density at radius 1 is 0.900 bits per heavy atom. The summed E-state index contributed by atoms with van der Waals surface area (Å²) in [5, 5.41) is 0. The number of para-hydroxylation sites is 1. The highest BCUT2D eigenvalue weighted by Gasteiger charge is 2.65. The number of hydrogen-bond acceptors (Lipinski definition) is 8. The van der Waals surface area contributed by atoms with Crippen LogP contribution in [0.15, 0.2) is 70.9 Å². The average Bonchev–Trinajstić information content (AvgIpc) is 3.18. The number of ether oxygens (including phenoxy) is 3. The van der Waals surface area contributed by atoms with E-state index < -0.39 is 28.8 Å². The first kappa shape index (κ1) is 27.2. The number of allylic oxidation sites excluding steroid dienone is 1. The number of rotatable bonds is 5. The van der Waals surface area contributed by atoms with Crippen molar-refractivity contribution in [1.82, 2.24) is 0 Å². The van der Waals surface area contributed by atoms with Gasteiger partial charge < -0.3 is 24.0 Å². The fourth-order valence-electron chi connectivity index (χ4n) is 6.33. The van der Waals surface area contributed by atoms with E-state index in [0.717, 1.165) is 0 Å². The number of carbonyl (C=O) groups excluding carboxylic acids is 4. The zero-order chi connectivity index (χ0) is 29.0. The summed E-state index contributed by atoms with van der Waals surface area (Å²) in [6.45, 7) is 6.09. The molecule has 1 aliphatic carbocycles. The lowest BCUT2D eigenvalue weighted by molar-refractivity contribution is -0.141. The van der Waals surface area contributed by atoms with Crippen LogP contribution in [0.3, 0.4) is 0 Å². The second kappa shape index (κ2) is 9.66. The molecule has 0 aromatic heterocycles. The van der Waals surface area contributed by atoms with Gasteiger partial charge in [0.15, 0.2) is 11.3 Å². The number of ketones is 1. The van der Waals surface area contributed by atoms with Crippen molar-refractivity contribution in [1.29, 1.82) is 0 Å². The fraction of sp³-hybridized carbons (Fsp3) is 0.355. The van der Waals surface area contributed by atoms with Gasteiger partial charge in [0.1, 0.15) is 5.75 Å². The van der Waals surface area contributed by atoms with Crippen molar-refractivity contribution < 1.29 is 33.4 Å². The van der Waals surface area contributed by atoms with Crippen LogP contribution >= 0.6 is 0 Å². The molecule has 0 saturated heterocycles. The van der Waals surface area contributed by atoms with Crippen molar-refractivity contribution in [3.63, 3.8) is 0 Å². The Morgan fingerprint density at radius 3 is 2.15 bits per heavy atom. The molecule has 9 heteroatoms. The maximum absolute atomic E-state index is 14.8. The molecule has 1 amide bonds. The van der Waals surface area contributed by atoms with Gasteiger partial charge in [-0.1, -0.05) is 32.0 Å². The fourth-order valence-corrected chi connectivity index (χ4v) is 6.33. The smallest absolute Gasteiger partial charge is 0.339 e. The molecule has 1 unspecified atom stereocenters. The van der Waals surface area contributed by atoms with E-state index in [1.165, 1.54) is 14.2 Å². The number of carbonyl (C=O) groups is 4. The molecule has 0 N–H and O–H groups in total. The van der Waals surface area contributed by atoms with E-state index in [4.69, 9.17) is 14.2 Å². The van der Waals surface area contributed by atoms with Crippen LogP contribution in [0, 0.1) is 5.41 Å². The Kier molecular flexibility index (Phi) is 6.56. The van der Waals surface area contributed by atoms with E-state index in [2.05, 4.69) is 0 Å². The second-order valence-electron chi connectivity index (χ2n) is 10.8. The molecule has 2 aliphatic heterocycles. The van der Waals surface area contributed by atoms with Crippen molar-refractivity contribution in [2.24, 2.45) is 5.41 Å². The molecule has 9 nitrogen and oxygen atoms in total. The first-order valence-electron chi connectivity index (χ1n) is 13.1. The molecule has 2 aromatic rings. The minimum Gasteiger partial charge on any atom is -0.497 e. The van der Waals surface area contributed by atoms with Gasteiger partial charge in [-0.15, -0.1) is 0 Å². The number of hydrogen-bond donors (Lipinski definition) is 0. The van der Waals surface area contributed by atoms with Gasteiger partial charge in [0, 0.05) is 29.9 Å². The van der Waals surface area contributed by atoms with E-state index in [-0.39, 0.29) is 28.9 Å². The summed E-state index contributed by atoms with van der Waals surface area (Å²) >= 11 is 0. The van der Waals surface area contributed by atoms with Gasteiger partial charge in [-0.05, 0) is 49.1 Å². The lowest BCUT2D eigenvalue weighted by atomic mass is 9.66. The zero-order valence-electron chi connectivity index (χ0n) is 23.5. The maximum atomic E-state index is 14.8. The van der Waals surface area contributed by atoms with Crippen molar-refractivity contribution in [2.75, 3.05) is 37.7 Å². The molecule has 2 heterocycles. The lowest BCUT2D eigenvalue weighted by Gasteiger charge is -2.50. The number of methoxy groups -OCH3 is 3.